The van der Waals surface area contributed by atoms with Gasteiger partial charge in [0.25, 0.3) is 0 Å². The second-order valence-electron chi connectivity index (χ2n) is 11.9. The summed E-state index contributed by atoms with van der Waals surface area (Å²) in [5.41, 5.74) is 0. The second kappa shape index (κ2) is 12.0. The summed E-state index contributed by atoms with van der Waals surface area (Å²) in [5.74, 6) is 10.2. The molecule has 28 heavy (non-hydrogen) atoms. The van der Waals surface area contributed by atoms with Crippen LogP contribution >= 0.6 is 0 Å². The molecule has 0 bridgehead atoms. The van der Waals surface area contributed by atoms with Crippen molar-refractivity contribution >= 4 is 0 Å². The van der Waals surface area contributed by atoms with Crippen molar-refractivity contribution in [1.29, 1.82) is 0 Å². The van der Waals surface area contributed by atoms with E-state index in [1.807, 2.05) is 0 Å². The van der Waals surface area contributed by atoms with Gasteiger partial charge in [-0.15, -0.1) is 0 Å². The fourth-order valence-electron chi connectivity index (χ4n) is 5.52. The Balaban J connectivity index is 5.11. The van der Waals surface area contributed by atoms with E-state index in [1.165, 1.54) is 0 Å². The van der Waals surface area contributed by atoms with Crippen LogP contribution in [0.15, 0.2) is 0 Å². The van der Waals surface area contributed by atoms with Crippen molar-refractivity contribution in [1.82, 2.24) is 0 Å². The molecule has 0 aliphatic carbocycles. The summed E-state index contributed by atoms with van der Waals surface area (Å²) in [4.78, 5) is 0. The number of hydrogen-bond acceptors (Lipinski definition) is 0. The number of rotatable bonds is 12. The van der Waals surface area contributed by atoms with Gasteiger partial charge in [-0.1, -0.05) is 104 Å². The van der Waals surface area contributed by atoms with Crippen molar-refractivity contribution in [3.63, 3.8) is 0 Å². The maximum absolute atomic E-state index is 2.54. The third-order valence-corrected chi connectivity index (χ3v) is 10.4. The molecule has 0 nitrogen and oxygen atoms in total. The van der Waals surface area contributed by atoms with Crippen molar-refractivity contribution in [2.45, 2.75) is 104 Å². The van der Waals surface area contributed by atoms with Gasteiger partial charge in [-0.3, -0.25) is 0 Å². The van der Waals surface area contributed by atoms with Crippen LogP contribution in [0.5, 0.6) is 0 Å². The first-order chi connectivity index (χ1) is 12.7. The van der Waals surface area contributed by atoms with Crippen LogP contribution in [0.25, 0.3) is 0 Å². The van der Waals surface area contributed by atoms with E-state index < -0.39 is 0 Å². The molecule has 0 fully saturated rings. The topological polar surface area (TPSA) is 0 Å². The van der Waals surface area contributed by atoms with Crippen LogP contribution in [0.4, 0.5) is 0 Å². The van der Waals surface area contributed by atoms with Gasteiger partial charge in [-0.05, 0) is 76.9 Å². The smallest absolute Gasteiger partial charge is 0.0386 e. The first-order valence-corrected chi connectivity index (χ1v) is 12.7. The molecule has 0 aromatic rings. The molecule has 0 saturated carbocycles. The van der Waals surface area contributed by atoms with E-state index in [9.17, 15) is 0 Å². The van der Waals surface area contributed by atoms with Gasteiger partial charge in [0.1, 0.15) is 0 Å². The zero-order valence-electron chi connectivity index (χ0n) is 22.5. The lowest BCUT2D eigenvalue weighted by Crippen LogP contribution is -2.36. The summed E-state index contributed by atoms with van der Waals surface area (Å²) >= 11 is 0. The summed E-state index contributed by atoms with van der Waals surface area (Å²) in [7, 11) is 0. The van der Waals surface area contributed by atoms with Gasteiger partial charge in [0.2, 0.25) is 0 Å². The molecule has 0 heterocycles. The summed E-state index contributed by atoms with van der Waals surface area (Å²) in [6, 6.07) is 0. The molecule has 0 aliphatic heterocycles. The minimum atomic E-state index is 0.776. The normalized spacial score (nSPS) is 24.8. The highest BCUT2D eigenvalue weighted by Gasteiger charge is 2.35. The highest BCUT2D eigenvalue weighted by molar-refractivity contribution is 4.84. The van der Waals surface area contributed by atoms with Gasteiger partial charge in [0.15, 0.2) is 0 Å². The predicted molar refractivity (Wildman–Crippen MR) is 130 cm³/mol. The molecule has 0 saturated heterocycles. The molecule has 0 N–H and O–H groups in total. The lowest BCUT2D eigenvalue weighted by Gasteiger charge is -2.42. The average molecular weight is 395 g/mol. The van der Waals surface area contributed by atoms with E-state index in [0.29, 0.717) is 0 Å². The Hall–Kier alpha value is 0. The Kier molecular flexibility index (Phi) is 12.0. The molecule has 0 aliphatic rings. The first kappa shape index (κ1) is 28.0. The Morgan fingerprint density at radius 3 is 0.393 bits per heavy atom. The third kappa shape index (κ3) is 7.05. The summed E-state index contributed by atoms with van der Waals surface area (Å²) in [6.07, 6.45) is 0. The van der Waals surface area contributed by atoms with Crippen molar-refractivity contribution in [2.75, 3.05) is 0 Å². The second-order valence-corrected chi connectivity index (χ2v) is 11.9. The molecular weight excluding hydrogens is 336 g/mol. The fraction of sp³-hybridized carbons (Fsp3) is 1.00. The van der Waals surface area contributed by atoms with Crippen LogP contribution in [0, 0.1) is 76.9 Å². The van der Waals surface area contributed by atoms with Crippen LogP contribution in [-0.4, -0.2) is 0 Å². The summed E-state index contributed by atoms with van der Waals surface area (Å²) < 4.78 is 0. The Morgan fingerprint density at radius 2 is 0.286 bits per heavy atom. The van der Waals surface area contributed by atoms with E-state index in [1.54, 1.807) is 0 Å². The molecular formula is C28H58. The molecule has 0 aromatic heterocycles. The van der Waals surface area contributed by atoms with Gasteiger partial charge in [0, 0.05) is 0 Å². The summed E-state index contributed by atoms with van der Waals surface area (Å²) in [5, 5.41) is 0. The standard InChI is InChI=1S/C28H58/c1-16(2)18(5)20(7)22(9)24(11)26(13)28(15)27(14)25(12)23(10)21(8)19(6)17(3)4/h16-28H,1-15H3. The van der Waals surface area contributed by atoms with Gasteiger partial charge < -0.3 is 0 Å². The van der Waals surface area contributed by atoms with E-state index >= 15 is 0 Å². The summed E-state index contributed by atoms with van der Waals surface area (Å²) in [6.45, 7) is 37.1. The Labute approximate surface area is 181 Å². The molecule has 0 aromatic carbocycles. The minimum absolute atomic E-state index is 0.776. The highest BCUT2D eigenvalue weighted by Crippen LogP contribution is 2.42. The maximum Gasteiger partial charge on any atom is -0.0386 e. The van der Waals surface area contributed by atoms with Crippen molar-refractivity contribution < 1.29 is 0 Å². The maximum atomic E-state index is 2.54. The van der Waals surface area contributed by atoms with Crippen molar-refractivity contribution in [3.8, 4) is 0 Å². The van der Waals surface area contributed by atoms with E-state index in [0.717, 1.165) is 76.9 Å². The first-order valence-electron chi connectivity index (χ1n) is 12.7. The lowest BCUT2D eigenvalue weighted by molar-refractivity contribution is 0.0660. The minimum Gasteiger partial charge on any atom is -0.0625 e. The lowest BCUT2D eigenvalue weighted by atomic mass is 9.63. The Morgan fingerprint density at radius 1 is 0.179 bits per heavy atom. The molecule has 0 radical (unpaired) electrons. The predicted octanol–water partition coefficient (Wildman–Crippen LogP) is 9.30. The zero-order valence-corrected chi connectivity index (χ0v) is 22.5. The van der Waals surface area contributed by atoms with Crippen LogP contribution in [0.2, 0.25) is 0 Å². The van der Waals surface area contributed by atoms with Gasteiger partial charge in [0.05, 0.1) is 0 Å². The van der Waals surface area contributed by atoms with Crippen molar-refractivity contribution in [2.24, 2.45) is 76.9 Å². The molecule has 0 heteroatoms. The third-order valence-electron chi connectivity index (χ3n) is 10.4. The highest BCUT2D eigenvalue weighted by atomic mass is 14.4. The Bertz CT molecular complexity index is 370. The van der Waals surface area contributed by atoms with E-state index in [2.05, 4.69) is 104 Å². The quantitative estimate of drug-likeness (QED) is 0.309. The van der Waals surface area contributed by atoms with Crippen LogP contribution in [-0.2, 0) is 0 Å². The van der Waals surface area contributed by atoms with Gasteiger partial charge in [-0.2, -0.15) is 0 Å². The molecule has 0 amide bonds. The van der Waals surface area contributed by atoms with Crippen LogP contribution in [0.3, 0.4) is 0 Å². The van der Waals surface area contributed by atoms with E-state index in [4.69, 9.17) is 0 Å². The van der Waals surface area contributed by atoms with Gasteiger partial charge >= 0.3 is 0 Å². The van der Waals surface area contributed by atoms with Crippen LogP contribution < -0.4 is 0 Å². The van der Waals surface area contributed by atoms with Crippen molar-refractivity contribution in [3.05, 3.63) is 0 Å². The monoisotopic (exact) mass is 394 g/mol. The molecule has 0 spiro atoms. The zero-order chi connectivity index (χ0) is 22.5. The largest absolute Gasteiger partial charge is 0.0625 e. The van der Waals surface area contributed by atoms with Crippen LogP contribution in [0.1, 0.15) is 104 Å². The van der Waals surface area contributed by atoms with E-state index in [-0.39, 0.29) is 0 Å². The molecule has 10 unspecified atom stereocenters. The molecule has 170 valence electrons. The SMILES string of the molecule is CC(C)C(C)C(C)C(C)C(C)C(C)C(C)C(C)C(C)C(C)C(C)C(C)C(C)C. The molecule has 10 atom stereocenters. The fourth-order valence-corrected chi connectivity index (χ4v) is 5.52. The average Bonchev–Trinajstić information content (AvgIpc) is 2.66. The number of hydrogen-bond donors (Lipinski definition) is 0. The molecule has 0 rings (SSSR count). The van der Waals surface area contributed by atoms with Gasteiger partial charge in [-0.25, -0.2) is 0 Å².